The van der Waals surface area contributed by atoms with E-state index in [9.17, 15) is 4.79 Å². The second-order valence-corrected chi connectivity index (χ2v) is 6.02. The van der Waals surface area contributed by atoms with E-state index in [0.717, 1.165) is 12.0 Å². The summed E-state index contributed by atoms with van der Waals surface area (Å²) in [5.41, 5.74) is 4.72. The van der Waals surface area contributed by atoms with Gasteiger partial charge in [0.15, 0.2) is 0 Å². The number of aryl methyl sites for hydroxylation is 2. The summed E-state index contributed by atoms with van der Waals surface area (Å²) in [6.07, 6.45) is 6.22. The van der Waals surface area contributed by atoms with Gasteiger partial charge < -0.3 is 10.2 Å². The van der Waals surface area contributed by atoms with Crippen molar-refractivity contribution in [2.75, 3.05) is 13.1 Å². The van der Waals surface area contributed by atoms with E-state index in [1.165, 1.54) is 16.7 Å². The summed E-state index contributed by atoms with van der Waals surface area (Å²) in [5.74, 6) is 2.56. The molecular weight excluding hydrogens is 296 g/mol. The molecule has 0 saturated carbocycles. The van der Waals surface area contributed by atoms with Crippen molar-refractivity contribution in [3.8, 4) is 12.3 Å². The molecule has 0 aliphatic carbocycles. The van der Waals surface area contributed by atoms with Crippen molar-refractivity contribution in [1.29, 1.82) is 0 Å². The number of nitrogens with zero attached hydrogens (tertiary/aromatic N) is 1. The van der Waals surface area contributed by atoms with Gasteiger partial charge in [0.05, 0.1) is 6.54 Å². The second-order valence-electron chi connectivity index (χ2n) is 6.02. The Morgan fingerprint density at radius 2 is 1.83 bits per heavy atom. The van der Waals surface area contributed by atoms with Gasteiger partial charge in [0.2, 0.25) is 0 Å². The van der Waals surface area contributed by atoms with Gasteiger partial charge in [-0.2, -0.15) is 0 Å². The summed E-state index contributed by atoms with van der Waals surface area (Å²) >= 11 is 0. The SMILES string of the molecule is C#CCN(Cc1ccc(C)cc1)C(=O)NCCc1cccc(C)c1. The monoisotopic (exact) mass is 320 g/mol. The highest BCUT2D eigenvalue weighted by atomic mass is 16.2. The molecule has 0 unspecified atom stereocenters. The van der Waals surface area contributed by atoms with Gasteiger partial charge in [-0.25, -0.2) is 4.79 Å². The topological polar surface area (TPSA) is 32.3 Å². The summed E-state index contributed by atoms with van der Waals surface area (Å²) < 4.78 is 0. The highest BCUT2D eigenvalue weighted by molar-refractivity contribution is 5.74. The number of hydrogen-bond acceptors (Lipinski definition) is 1. The van der Waals surface area contributed by atoms with Crippen LogP contribution in [0.15, 0.2) is 48.5 Å². The molecule has 0 fully saturated rings. The fourth-order valence-electron chi connectivity index (χ4n) is 2.52. The van der Waals surface area contributed by atoms with Crippen LogP contribution in [0.4, 0.5) is 4.79 Å². The molecule has 2 amide bonds. The van der Waals surface area contributed by atoms with Gasteiger partial charge in [-0.15, -0.1) is 6.42 Å². The van der Waals surface area contributed by atoms with Crippen molar-refractivity contribution in [2.45, 2.75) is 26.8 Å². The molecule has 124 valence electrons. The Bertz CT molecular complexity index is 713. The number of carbonyl (C=O) groups excluding carboxylic acids is 1. The van der Waals surface area contributed by atoms with Gasteiger partial charge in [0, 0.05) is 13.1 Å². The Hall–Kier alpha value is -2.73. The Balaban J connectivity index is 1.89. The molecule has 0 radical (unpaired) electrons. The largest absolute Gasteiger partial charge is 0.338 e. The average molecular weight is 320 g/mol. The smallest absolute Gasteiger partial charge is 0.318 e. The molecule has 2 aromatic rings. The molecule has 2 aromatic carbocycles. The van der Waals surface area contributed by atoms with E-state index >= 15 is 0 Å². The quantitative estimate of drug-likeness (QED) is 0.809. The molecule has 0 aliphatic rings. The van der Waals surface area contributed by atoms with Crippen molar-refractivity contribution in [3.05, 3.63) is 70.8 Å². The third kappa shape index (κ3) is 5.48. The summed E-state index contributed by atoms with van der Waals surface area (Å²) in [6.45, 7) is 5.52. The van der Waals surface area contributed by atoms with Gasteiger partial charge in [-0.3, -0.25) is 0 Å². The third-order valence-corrected chi connectivity index (χ3v) is 3.84. The highest BCUT2D eigenvalue weighted by Gasteiger charge is 2.12. The first-order valence-corrected chi connectivity index (χ1v) is 8.16. The van der Waals surface area contributed by atoms with E-state index in [1.54, 1.807) is 4.90 Å². The third-order valence-electron chi connectivity index (χ3n) is 3.84. The van der Waals surface area contributed by atoms with Crippen LogP contribution in [0.1, 0.15) is 22.3 Å². The number of urea groups is 1. The number of amides is 2. The zero-order valence-corrected chi connectivity index (χ0v) is 14.4. The maximum atomic E-state index is 12.4. The molecule has 0 atom stereocenters. The van der Waals surface area contributed by atoms with Crippen LogP contribution < -0.4 is 5.32 Å². The Morgan fingerprint density at radius 3 is 2.50 bits per heavy atom. The van der Waals surface area contributed by atoms with E-state index in [0.29, 0.717) is 19.6 Å². The molecule has 3 heteroatoms. The number of rotatable bonds is 6. The lowest BCUT2D eigenvalue weighted by molar-refractivity contribution is 0.202. The fourth-order valence-corrected chi connectivity index (χ4v) is 2.52. The minimum Gasteiger partial charge on any atom is -0.338 e. The zero-order chi connectivity index (χ0) is 17.4. The number of terminal acetylenes is 1. The number of nitrogens with one attached hydrogen (secondary N) is 1. The van der Waals surface area contributed by atoms with Gasteiger partial charge in [-0.1, -0.05) is 65.6 Å². The molecule has 0 aromatic heterocycles. The molecule has 0 saturated heterocycles. The minimum absolute atomic E-state index is 0.124. The molecule has 0 heterocycles. The summed E-state index contributed by atoms with van der Waals surface area (Å²) in [5, 5.41) is 2.96. The average Bonchev–Trinajstić information content (AvgIpc) is 2.56. The Morgan fingerprint density at radius 1 is 1.08 bits per heavy atom. The zero-order valence-electron chi connectivity index (χ0n) is 14.4. The molecular formula is C21H24N2O. The van der Waals surface area contributed by atoms with Gasteiger partial charge in [0.1, 0.15) is 0 Å². The molecule has 0 bridgehead atoms. The van der Waals surface area contributed by atoms with Crippen molar-refractivity contribution < 1.29 is 4.79 Å². The van der Waals surface area contributed by atoms with Crippen LogP contribution in [0.25, 0.3) is 0 Å². The maximum absolute atomic E-state index is 12.4. The normalized spacial score (nSPS) is 10.0. The molecule has 2 rings (SSSR count). The number of benzene rings is 2. The van der Waals surface area contributed by atoms with Crippen LogP contribution >= 0.6 is 0 Å². The predicted octanol–water partition coefficient (Wildman–Crippen LogP) is 3.69. The second kappa shape index (κ2) is 8.79. The van der Waals surface area contributed by atoms with E-state index in [2.05, 4.69) is 36.4 Å². The van der Waals surface area contributed by atoms with Crippen LogP contribution in [0.2, 0.25) is 0 Å². The van der Waals surface area contributed by atoms with Crippen LogP contribution in [-0.4, -0.2) is 24.0 Å². The van der Waals surface area contributed by atoms with Crippen molar-refractivity contribution in [3.63, 3.8) is 0 Å². The lowest BCUT2D eigenvalue weighted by atomic mass is 10.1. The van der Waals surface area contributed by atoms with Crippen LogP contribution in [-0.2, 0) is 13.0 Å². The Kier molecular flexibility index (Phi) is 6.45. The minimum atomic E-state index is -0.124. The van der Waals surface area contributed by atoms with Crippen molar-refractivity contribution in [2.24, 2.45) is 0 Å². The summed E-state index contributed by atoms with van der Waals surface area (Å²) in [6, 6.07) is 16.3. The van der Waals surface area contributed by atoms with Crippen molar-refractivity contribution in [1.82, 2.24) is 10.2 Å². The maximum Gasteiger partial charge on any atom is 0.318 e. The first-order valence-electron chi connectivity index (χ1n) is 8.16. The lowest BCUT2D eigenvalue weighted by Crippen LogP contribution is -2.40. The lowest BCUT2D eigenvalue weighted by Gasteiger charge is -2.21. The molecule has 24 heavy (non-hydrogen) atoms. The molecule has 0 spiro atoms. The fraction of sp³-hybridized carbons (Fsp3) is 0.286. The van der Waals surface area contributed by atoms with Crippen LogP contribution in [0.3, 0.4) is 0 Å². The van der Waals surface area contributed by atoms with Gasteiger partial charge >= 0.3 is 6.03 Å². The van der Waals surface area contributed by atoms with E-state index in [1.807, 2.05) is 37.3 Å². The summed E-state index contributed by atoms with van der Waals surface area (Å²) in [4.78, 5) is 14.0. The van der Waals surface area contributed by atoms with Gasteiger partial charge in [0.25, 0.3) is 0 Å². The predicted molar refractivity (Wildman–Crippen MR) is 98.7 cm³/mol. The highest BCUT2D eigenvalue weighted by Crippen LogP contribution is 2.08. The first-order chi connectivity index (χ1) is 11.6. The van der Waals surface area contributed by atoms with E-state index in [4.69, 9.17) is 6.42 Å². The standard InChI is InChI=1S/C21H24N2O/c1-4-14-23(16-20-10-8-17(2)9-11-20)21(24)22-13-12-19-7-5-6-18(3)15-19/h1,5-11,15H,12-14,16H2,2-3H3,(H,22,24). The van der Waals surface area contributed by atoms with Gasteiger partial charge in [-0.05, 0) is 31.4 Å². The number of carbonyl (C=O) groups is 1. The first kappa shape index (κ1) is 17.6. The van der Waals surface area contributed by atoms with Crippen LogP contribution in [0, 0.1) is 26.2 Å². The number of hydrogen-bond donors (Lipinski definition) is 1. The summed E-state index contributed by atoms with van der Waals surface area (Å²) in [7, 11) is 0. The molecule has 3 nitrogen and oxygen atoms in total. The Labute approximate surface area is 144 Å². The van der Waals surface area contributed by atoms with E-state index < -0.39 is 0 Å². The van der Waals surface area contributed by atoms with Crippen LogP contribution in [0.5, 0.6) is 0 Å². The van der Waals surface area contributed by atoms with E-state index in [-0.39, 0.29) is 6.03 Å². The molecule has 1 N–H and O–H groups in total. The van der Waals surface area contributed by atoms with Crippen molar-refractivity contribution >= 4 is 6.03 Å². The molecule has 0 aliphatic heterocycles.